The van der Waals surface area contributed by atoms with Crippen molar-refractivity contribution < 1.29 is 19.7 Å². The summed E-state index contributed by atoms with van der Waals surface area (Å²) in [5.74, 6) is -0.190. The van der Waals surface area contributed by atoms with Crippen LogP contribution in [-0.4, -0.2) is 47.3 Å². The van der Waals surface area contributed by atoms with Crippen molar-refractivity contribution in [3.05, 3.63) is 46.4 Å². The molecule has 1 aliphatic heterocycles. The first-order valence-corrected chi connectivity index (χ1v) is 8.51. The zero-order valence-electron chi connectivity index (χ0n) is 13.0. The van der Waals surface area contributed by atoms with Crippen LogP contribution in [0, 0.1) is 0 Å². The Labute approximate surface area is 148 Å². The molecule has 0 spiro atoms. The van der Waals surface area contributed by atoms with Crippen molar-refractivity contribution in [2.24, 2.45) is 0 Å². The first-order chi connectivity index (χ1) is 11.6. The number of amides is 1. The Hall–Kier alpha value is -2.05. The third-order valence-corrected chi connectivity index (χ3v) is 4.96. The first-order valence-electron chi connectivity index (χ1n) is 7.72. The fourth-order valence-corrected chi connectivity index (χ4v) is 3.31. The third kappa shape index (κ3) is 3.39. The van der Waals surface area contributed by atoms with E-state index in [0.29, 0.717) is 41.9 Å². The molecule has 1 amide bonds. The van der Waals surface area contributed by atoms with Crippen LogP contribution in [0.3, 0.4) is 0 Å². The number of rotatable bonds is 3. The highest BCUT2D eigenvalue weighted by molar-refractivity contribution is 9.10. The maximum absolute atomic E-state index is 12.6. The molecule has 0 aromatic heterocycles. The molecular weight excluding hydrogens is 374 g/mol. The number of phenolic OH excluding ortho intramolecular Hbond substituents is 2. The van der Waals surface area contributed by atoms with Gasteiger partial charge in [-0.05, 0) is 27.1 Å². The molecule has 2 aromatic carbocycles. The van der Waals surface area contributed by atoms with Gasteiger partial charge in [-0.2, -0.15) is 0 Å². The monoisotopic (exact) mass is 391 g/mol. The number of hydrogen-bond donors (Lipinski definition) is 2. The number of carbonyl (C=O) groups is 1. The molecule has 0 bridgehead atoms. The normalized spacial score (nSPS) is 14.6. The van der Waals surface area contributed by atoms with E-state index in [9.17, 15) is 15.0 Å². The maximum atomic E-state index is 12.6. The Morgan fingerprint density at radius 1 is 1.12 bits per heavy atom. The lowest BCUT2D eigenvalue weighted by molar-refractivity contribution is -0.134. The number of benzene rings is 2. The minimum absolute atomic E-state index is 0.0494. The maximum Gasteiger partial charge on any atom is 0.227 e. The molecule has 0 aliphatic carbocycles. The van der Waals surface area contributed by atoms with Gasteiger partial charge >= 0.3 is 0 Å². The van der Waals surface area contributed by atoms with Gasteiger partial charge in [0.05, 0.1) is 24.1 Å². The fraction of sp³-hybridized carbons (Fsp3) is 0.278. The lowest BCUT2D eigenvalue weighted by Crippen LogP contribution is -2.41. The molecule has 0 unspecified atom stereocenters. The molecule has 2 N–H and O–H groups in total. The van der Waals surface area contributed by atoms with Crippen molar-refractivity contribution in [1.82, 2.24) is 4.90 Å². The van der Waals surface area contributed by atoms with Gasteiger partial charge in [-0.3, -0.25) is 4.79 Å². The first kappa shape index (κ1) is 16.8. The third-order valence-electron chi connectivity index (χ3n) is 4.08. The second kappa shape index (κ2) is 7.23. The molecule has 1 saturated heterocycles. The lowest BCUT2D eigenvalue weighted by Gasteiger charge is -2.27. The number of phenols is 2. The van der Waals surface area contributed by atoms with Gasteiger partial charge in [0.25, 0.3) is 0 Å². The van der Waals surface area contributed by atoms with Gasteiger partial charge in [-0.25, -0.2) is 0 Å². The van der Waals surface area contributed by atoms with E-state index < -0.39 is 0 Å². The summed E-state index contributed by atoms with van der Waals surface area (Å²) < 4.78 is 5.70. The molecule has 0 radical (unpaired) electrons. The minimum atomic E-state index is -0.0861. The molecule has 1 heterocycles. The summed E-state index contributed by atoms with van der Waals surface area (Å²) in [5, 5.41) is 20.4. The van der Waals surface area contributed by atoms with Crippen molar-refractivity contribution in [1.29, 1.82) is 0 Å². The molecule has 1 aliphatic rings. The molecule has 126 valence electrons. The Bertz CT molecular complexity index is 742. The second-order valence-corrected chi connectivity index (χ2v) is 6.41. The average Bonchev–Trinajstić information content (AvgIpc) is 2.61. The highest BCUT2D eigenvalue weighted by atomic mass is 79.9. The summed E-state index contributed by atoms with van der Waals surface area (Å²) in [5.41, 5.74) is 1.93. The molecule has 1 fully saturated rings. The molecule has 2 aromatic rings. The molecule has 0 atom stereocenters. The fourth-order valence-electron chi connectivity index (χ4n) is 2.85. The van der Waals surface area contributed by atoms with E-state index in [0.717, 1.165) is 5.56 Å². The molecular formula is C18H18BrNO4. The largest absolute Gasteiger partial charge is 0.507 e. The van der Waals surface area contributed by atoms with E-state index in [1.165, 1.54) is 6.07 Å². The van der Waals surface area contributed by atoms with E-state index >= 15 is 0 Å². The summed E-state index contributed by atoms with van der Waals surface area (Å²) in [6.45, 7) is 2.18. The van der Waals surface area contributed by atoms with Gasteiger partial charge in [0.1, 0.15) is 11.5 Å². The van der Waals surface area contributed by atoms with Crippen molar-refractivity contribution in [2.45, 2.75) is 6.42 Å². The standard InChI is InChI=1S/C18H18BrNO4/c19-18-13(10-16(23)20-6-8-24-9-7-20)17(14(21)11-15(18)22)12-4-2-1-3-5-12/h1-5,11,21-22H,6-10H2. The van der Waals surface area contributed by atoms with Gasteiger partial charge in [-0.1, -0.05) is 30.3 Å². The SMILES string of the molecule is O=C(Cc1c(Br)c(O)cc(O)c1-c1ccccc1)N1CCOCC1. The highest BCUT2D eigenvalue weighted by Gasteiger charge is 2.23. The lowest BCUT2D eigenvalue weighted by atomic mass is 9.95. The van der Waals surface area contributed by atoms with Crippen LogP contribution in [0.1, 0.15) is 5.56 Å². The van der Waals surface area contributed by atoms with E-state index in [1.54, 1.807) is 4.90 Å². The smallest absolute Gasteiger partial charge is 0.227 e. The second-order valence-electron chi connectivity index (χ2n) is 5.62. The van der Waals surface area contributed by atoms with Gasteiger partial charge in [0, 0.05) is 24.7 Å². The Morgan fingerprint density at radius 2 is 1.79 bits per heavy atom. The number of aromatic hydroxyl groups is 2. The van der Waals surface area contributed by atoms with E-state index in [1.807, 2.05) is 30.3 Å². The van der Waals surface area contributed by atoms with Crippen LogP contribution >= 0.6 is 15.9 Å². The average molecular weight is 392 g/mol. The Morgan fingerprint density at radius 3 is 2.46 bits per heavy atom. The number of hydrogen-bond acceptors (Lipinski definition) is 4. The van der Waals surface area contributed by atoms with Crippen molar-refractivity contribution in [3.8, 4) is 22.6 Å². The van der Waals surface area contributed by atoms with Crippen molar-refractivity contribution in [3.63, 3.8) is 0 Å². The predicted molar refractivity (Wildman–Crippen MR) is 94.0 cm³/mol. The highest BCUT2D eigenvalue weighted by Crippen LogP contribution is 2.42. The quantitative estimate of drug-likeness (QED) is 0.843. The summed E-state index contributed by atoms with van der Waals surface area (Å²) in [7, 11) is 0. The number of morpholine rings is 1. The van der Waals surface area contributed by atoms with E-state index in [2.05, 4.69) is 15.9 Å². The van der Waals surface area contributed by atoms with Gasteiger partial charge in [0.2, 0.25) is 5.91 Å². The molecule has 5 nitrogen and oxygen atoms in total. The van der Waals surface area contributed by atoms with Crippen LogP contribution < -0.4 is 0 Å². The Kier molecular flexibility index (Phi) is 5.06. The van der Waals surface area contributed by atoms with E-state index in [-0.39, 0.29) is 23.8 Å². The van der Waals surface area contributed by atoms with Crippen LogP contribution in [0.25, 0.3) is 11.1 Å². The van der Waals surface area contributed by atoms with Crippen molar-refractivity contribution >= 4 is 21.8 Å². The van der Waals surface area contributed by atoms with Gasteiger partial charge < -0.3 is 19.8 Å². The van der Waals surface area contributed by atoms with Crippen LogP contribution in [0.4, 0.5) is 0 Å². The topological polar surface area (TPSA) is 70.0 Å². The summed E-state index contributed by atoms with van der Waals surface area (Å²) in [6.07, 6.45) is 0.0901. The summed E-state index contributed by atoms with van der Waals surface area (Å²) in [4.78, 5) is 14.4. The predicted octanol–water partition coefficient (Wildman–Crippen LogP) is 2.93. The zero-order chi connectivity index (χ0) is 17.1. The van der Waals surface area contributed by atoms with E-state index in [4.69, 9.17) is 4.74 Å². The molecule has 6 heteroatoms. The minimum Gasteiger partial charge on any atom is -0.507 e. The molecule has 24 heavy (non-hydrogen) atoms. The van der Waals surface area contributed by atoms with Crippen LogP contribution in [0.15, 0.2) is 40.9 Å². The Balaban J connectivity index is 2.00. The number of halogens is 1. The van der Waals surface area contributed by atoms with Crippen LogP contribution in [0.5, 0.6) is 11.5 Å². The van der Waals surface area contributed by atoms with Crippen LogP contribution in [-0.2, 0) is 16.0 Å². The number of ether oxygens (including phenoxy) is 1. The molecule has 3 rings (SSSR count). The number of carbonyl (C=O) groups excluding carboxylic acids is 1. The van der Waals surface area contributed by atoms with Gasteiger partial charge in [-0.15, -0.1) is 0 Å². The summed E-state index contributed by atoms with van der Waals surface area (Å²) in [6, 6.07) is 10.6. The number of nitrogens with zero attached hydrogens (tertiary/aromatic N) is 1. The van der Waals surface area contributed by atoms with Crippen LogP contribution in [0.2, 0.25) is 0 Å². The summed E-state index contributed by atoms with van der Waals surface area (Å²) >= 11 is 3.36. The van der Waals surface area contributed by atoms with Crippen molar-refractivity contribution in [2.75, 3.05) is 26.3 Å². The molecule has 0 saturated carbocycles. The van der Waals surface area contributed by atoms with Gasteiger partial charge in [0.15, 0.2) is 0 Å². The zero-order valence-corrected chi connectivity index (χ0v) is 14.6.